The van der Waals surface area contributed by atoms with E-state index in [-0.39, 0.29) is 5.91 Å². The second kappa shape index (κ2) is 9.64. The van der Waals surface area contributed by atoms with E-state index in [1.54, 1.807) is 0 Å². The van der Waals surface area contributed by atoms with Gasteiger partial charge in [-0.05, 0) is 43.5 Å². The maximum Gasteiger partial charge on any atom is 0.255 e. The Morgan fingerprint density at radius 2 is 1.90 bits per heavy atom. The molecule has 2 aromatic carbocycles. The largest absolute Gasteiger partial charge is 0.493 e. The molecule has 7 nitrogen and oxygen atoms in total. The van der Waals surface area contributed by atoms with Gasteiger partial charge in [0.1, 0.15) is 24.0 Å². The third-order valence-corrected chi connectivity index (χ3v) is 5.29. The van der Waals surface area contributed by atoms with Crippen molar-refractivity contribution < 1.29 is 14.3 Å². The number of benzene rings is 2. The van der Waals surface area contributed by atoms with Crippen molar-refractivity contribution >= 4 is 22.5 Å². The predicted molar refractivity (Wildman–Crippen MR) is 121 cm³/mol. The molecule has 31 heavy (non-hydrogen) atoms. The van der Waals surface area contributed by atoms with Gasteiger partial charge in [-0.25, -0.2) is 4.98 Å². The van der Waals surface area contributed by atoms with Gasteiger partial charge < -0.3 is 19.7 Å². The third-order valence-electron chi connectivity index (χ3n) is 5.29. The first-order chi connectivity index (χ1) is 15.2. The number of aryl methyl sites for hydroxylation is 1. The number of nitrogens with one attached hydrogen (secondary N) is 1. The van der Waals surface area contributed by atoms with Gasteiger partial charge in [0.2, 0.25) is 5.88 Å². The standard InChI is InChI=1S/C24H28N4O3/c1-3-30-20-11-10-18-8-4-5-9-19(18)23(20)24(29)25-12-15-31-22-16-21(26-17(2)27-22)28-13-6-7-14-28/h4-5,8-11,16H,3,6-7,12-15H2,1-2H3,(H,25,29). The molecule has 3 aromatic rings. The summed E-state index contributed by atoms with van der Waals surface area (Å²) in [6.45, 7) is 6.97. The lowest BCUT2D eigenvalue weighted by Gasteiger charge is -2.17. The van der Waals surface area contributed by atoms with Crippen molar-refractivity contribution in [2.45, 2.75) is 26.7 Å². The molecule has 4 rings (SSSR count). The molecule has 0 bridgehead atoms. The fraction of sp³-hybridized carbons (Fsp3) is 0.375. The maximum atomic E-state index is 13.0. The van der Waals surface area contributed by atoms with Crippen LogP contribution in [0.15, 0.2) is 42.5 Å². The van der Waals surface area contributed by atoms with Crippen LogP contribution < -0.4 is 19.7 Å². The van der Waals surface area contributed by atoms with Crippen LogP contribution in [-0.2, 0) is 0 Å². The highest BCUT2D eigenvalue weighted by molar-refractivity contribution is 6.09. The van der Waals surface area contributed by atoms with Gasteiger partial charge in [-0.15, -0.1) is 0 Å². The van der Waals surface area contributed by atoms with E-state index in [2.05, 4.69) is 20.2 Å². The first-order valence-electron chi connectivity index (χ1n) is 10.8. The number of carbonyl (C=O) groups is 1. The first kappa shape index (κ1) is 20.9. The lowest BCUT2D eigenvalue weighted by Crippen LogP contribution is -2.29. The molecule has 1 aliphatic heterocycles. The zero-order chi connectivity index (χ0) is 21.6. The van der Waals surface area contributed by atoms with E-state index in [0.717, 1.165) is 29.7 Å². The molecule has 1 N–H and O–H groups in total. The number of aromatic nitrogens is 2. The van der Waals surface area contributed by atoms with Crippen molar-refractivity contribution in [3.05, 3.63) is 53.9 Å². The molecular weight excluding hydrogens is 392 g/mol. The summed E-state index contributed by atoms with van der Waals surface area (Å²) < 4.78 is 11.5. The minimum atomic E-state index is -0.180. The molecule has 7 heteroatoms. The van der Waals surface area contributed by atoms with Crippen molar-refractivity contribution in [1.82, 2.24) is 15.3 Å². The first-order valence-corrected chi connectivity index (χ1v) is 10.8. The Morgan fingerprint density at radius 1 is 1.10 bits per heavy atom. The number of anilines is 1. The van der Waals surface area contributed by atoms with E-state index >= 15 is 0 Å². The topological polar surface area (TPSA) is 76.6 Å². The molecule has 0 radical (unpaired) electrons. The number of amides is 1. The predicted octanol–water partition coefficient (Wildman–Crippen LogP) is 3.75. The van der Waals surface area contributed by atoms with Gasteiger partial charge in [0, 0.05) is 19.2 Å². The molecule has 0 spiro atoms. The van der Waals surface area contributed by atoms with E-state index in [1.165, 1.54) is 12.8 Å². The number of carbonyl (C=O) groups excluding carboxylic acids is 1. The summed E-state index contributed by atoms with van der Waals surface area (Å²) in [5.74, 6) is 2.52. The number of nitrogens with zero attached hydrogens (tertiary/aromatic N) is 3. The molecule has 1 amide bonds. The van der Waals surface area contributed by atoms with Gasteiger partial charge in [0.25, 0.3) is 5.91 Å². The van der Waals surface area contributed by atoms with Crippen molar-refractivity contribution in [3.63, 3.8) is 0 Å². The lowest BCUT2D eigenvalue weighted by molar-refractivity contribution is 0.0944. The highest BCUT2D eigenvalue weighted by Gasteiger charge is 2.17. The second-order valence-corrected chi connectivity index (χ2v) is 7.50. The smallest absolute Gasteiger partial charge is 0.255 e. The van der Waals surface area contributed by atoms with Crippen LogP contribution in [0.2, 0.25) is 0 Å². The van der Waals surface area contributed by atoms with Crippen LogP contribution in [0.3, 0.4) is 0 Å². The fourth-order valence-corrected chi connectivity index (χ4v) is 3.88. The molecule has 1 aromatic heterocycles. The van der Waals surface area contributed by atoms with Crippen LogP contribution in [0, 0.1) is 6.92 Å². The number of ether oxygens (including phenoxy) is 2. The number of hydrogen-bond donors (Lipinski definition) is 1. The van der Waals surface area contributed by atoms with Crippen molar-refractivity contribution in [1.29, 1.82) is 0 Å². The Morgan fingerprint density at radius 3 is 2.71 bits per heavy atom. The van der Waals surface area contributed by atoms with Crippen LogP contribution in [0.1, 0.15) is 35.9 Å². The van der Waals surface area contributed by atoms with Crippen molar-refractivity contribution in [3.8, 4) is 11.6 Å². The van der Waals surface area contributed by atoms with E-state index in [1.807, 2.05) is 56.3 Å². The van der Waals surface area contributed by atoms with Gasteiger partial charge in [0.15, 0.2) is 0 Å². The van der Waals surface area contributed by atoms with Gasteiger partial charge in [-0.1, -0.05) is 30.3 Å². The number of fused-ring (bicyclic) bond motifs is 1. The van der Waals surface area contributed by atoms with Crippen LogP contribution >= 0.6 is 0 Å². The highest BCUT2D eigenvalue weighted by atomic mass is 16.5. The average molecular weight is 421 g/mol. The van der Waals surface area contributed by atoms with E-state index in [4.69, 9.17) is 9.47 Å². The van der Waals surface area contributed by atoms with Crippen LogP contribution in [0.25, 0.3) is 10.8 Å². The fourth-order valence-electron chi connectivity index (χ4n) is 3.88. The summed E-state index contributed by atoms with van der Waals surface area (Å²) >= 11 is 0. The summed E-state index contributed by atoms with van der Waals surface area (Å²) in [5, 5.41) is 4.81. The Balaban J connectivity index is 1.41. The molecule has 1 saturated heterocycles. The summed E-state index contributed by atoms with van der Waals surface area (Å²) in [7, 11) is 0. The van der Waals surface area contributed by atoms with Gasteiger partial charge >= 0.3 is 0 Å². The molecule has 0 unspecified atom stereocenters. The molecule has 0 aliphatic carbocycles. The van der Waals surface area contributed by atoms with Crippen LogP contribution in [0.5, 0.6) is 11.6 Å². The average Bonchev–Trinajstić information content (AvgIpc) is 3.31. The Kier molecular flexibility index (Phi) is 6.50. The minimum Gasteiger partial charge on any atom is -0.493 e. The lowest BCUT2D eigenvalue weighted by atomic mass is 10.0. The van der Waals surface area contributed by atoms with Crippen LogP contribution in [-0.4, -0.2) is 48.7 Å². The third kappa shape index (κ3) is 4.87. The quantitative estimate of drug-likeness (QED) is 0.560. The monoisotopic (exact) mass is 420 g/mol. The van der Waals surface area contributed by atoms with E-state index < -0.39 is 0 Å². The Labute approximate surface area is 182 Å². The Bertz CT molecular complexity index is 1060. The molecule has 0 saturated carbocycles. The summed E-state index contributed by atoms with van der Waals surface area (Å²) in [6, 6.07) is 13.5. The normalized spacial score (nSPS) is 13.4. The number of rotatable bonds is 8. The molecule has 162 valence electrons. The maximum absolute atomic E-state index is 13.0. The molecule has 0 atom stereocenters. The summed E-state index contributed by atoms with van der Waals surface area (Å²) in [5.41, 5.74) is 0.550. The SMILES string of the molecule is CCOc1ccc2ccccc2c1C(=O)NCCOc1cc(N2CCCC2)nc(C)n1. The van der Waals surface area contributed by atoms with Gasteiger partial charge in [-0.2, -0.15) is 4.98 Å². The summed E-state index contributed by atoms with van der Waals surface area (Å²) in [6.07, 6.45) is 2.37. The van der Waals surface area contributed by atoms with E-state index in [9.17, 15) is 4.79 Å². The Hall–Kier alpha value is -3.35. The van der Waals surface area contributed by atoms with Crippen molar-refractivity contribution in [2.75, 3.05) is 37.7 Å². The molecular formula is C24H28N4O3. The van der Waals surface area contributed by atoms with Gasteiger partial charge in [0.05, 0.1) is 18.7 Å². The number of hydrogen-bond acceptors (Lipinski definition) is 6. The van der Waals surface area contributed by atoms with Gasteiger partial charge in [-0.3, -0.25) is 4.79 Å². The summed E-state index contributed by atoms with van der Waals surface area (Å²) in [4.78, 5) is 24.1. The van der Waals surface area contributed by atoms with E-state index in [0.29, 0.717) is 42.8 Å². The molecule has 1 fully saturated rings. The highest BCUT2D eigenvalue weighted by Crippen LogP contribution is 2.28. The zero-order valence-corrected chi connectivity index (χ0v) is 18.1. The molecule has 2 heterocycles. The van der Waals surface area contributed by atoms with Crippen LogP contribution in [0.4, 0.5) is 5.82 Å². The second-order valence-electron chi connectivity index (χ2n) is 7.50. The minimum absolute atomic E-state index is 0.180. The van der Waals surface area contributed by atoms with Crippen molar-refractivity contribution in [2.24, 2.45) is 0 Å². The molecule has 1 aliphatic rings. The zero-order valence-electron chi connectivity index (χ0n) is 18.1.